The summed E-state index contributed by atoms with van der Waals surface area (Å²) < 4.78 is 7.37. The molecule has 106 valence electrons. The molecule has 0 aliphatic carbocycles. The van der Waals surface area contributed by atoms with Gasteiger partial charge in [-0.15, -0.1) is 6.58 Å². The summed E-state index contributed by atoms with van der Waals surface area (Å²) in [5.74, 6) is 0. The molecule has 0 aliphatic heterocycles. The molecule has 1 atom stereocenters. The van der Waals surface area contributed by atoms with E-state index >= 15 is 0 Å². The second-order valence-electron chi connectivity index (χ2n) is 6.17. The van der Waals surface area contributed by atoms with Crippen LogP contribution in [0.3, 0.4) is 0 Å². The Morgan fingerprint density at radius 3 is 2.37 bits per heavy atom. The lowest BCUT2D eigenvalue weighted by Gasteiger charge is -2.39. The summed E-state index contributed by atoms with van der Waals surface area (Å²) in [5.41, 5.74) is 0.962. The highest BCUT2D eigenvalue weighted by molar-refractivity contribution is 9.10. The van der Waals surface area contributed by atoms with Crippen LogP contribution in [0.4, 0.5) is 0 Å². The first kappa shape index (κ1) is 17.0. The molecule has 1 aromatic rings. The normalized spacial score (nSPS) is 14.3. The van der Waals surface area contributed by atoms with Crippen molar-refractivity contribution in [1.29, 1.82) is 0 Å². The van der Waals surface area contributed by atoms with Gasteiger partial charge in [0.25, 0.3) is 0 Å². The van der Waals surface area contributed by atoms with Crippen LogP contribution in [0.15, 0.2) is 35.3 Å². The Labute approximate surface area is 131 Å². The zero-order chi connectivity index (χ0) is 14.8. The van der Waals surface area contributed by atoms with Crippen molar-refractivity contribution in [3.8, 4) is 0 Å². The van der Waals surface area contributed by atoms with Crippen molar-refractivity contribution in [3.05, 3.63) is 45.9 Å². The summed E-state index contributed by atoms with van der Waals surface area (Å²) in [6, 6.07) is 5.78. The highest BCUT2D eigenvalue weighted by Crippen LogP contribution is 2.42. The van der Waals surface area contributed by atoms with Crippen molar-refractivity contribution < 1.29 is 4.43 Å². The number of benzene rings is 1. The molecular formula is C15H22BrClOSi. The molecule has 0 fully saturated rings. The van der Waals surface area contributed by atoms with Crippen LogP contribution in [0.2, 0.25) is 23.2 Å². The quantitative estimate of drug-likeness (QED) is 0.448. The van der Waals surface area contributed by atoms with Gasteiger partial charge in [-0.05, 0) is 30.3 Å². The number of halogens is 2. The van der Waals surface area contributed by atoms with E-state index in [9.17, 15) is 0 Å². The zero-order valence-electron chi connectivity index (χ0n) is 12.3. The van der Waals surface area contributed by atoms with E-state index in [1.807, 2.05) is 24.3 Å². The molecule has 19 heavy (non-hydrogen) atoms. The van der Waals surface area contributed by atoms with Crippen LogP contribution in [0.25, 0.3) is 0 Å². The van der Waals surface area contributed by atoms with Crippen molar-refractivity contribution in [2.45, 2.75) is 45.0 Å². The van der Waals surface area contributed by atoms with E-state index in [1.54, 1.807) is 0 Å². The van der Waals surface area contributed by atoms with E-state index in [0.29, 0.717) is 5.02 Å². The third kappa shape index (κ3) is 3.94. The van der Waals surface area contributed by atoms with Crippen molar-refractivity contribution in [3.63, 3.8) is 0 Å². The molecule has 0 aliphatic rings. The summed E-state index contributed by atoms with van der Waals surface area (Å²) in [6.07, 6.45) is 1.65. The second kappa shape index (κ2) is 6.13. The first-order valence-corrected chi connectivity index (χ1v) is 10.4. The Hall–Kier alpha value is -0.0931. The minimum Gasteiger partial charge on any atom is -0.406 e. The van der Waals surface area contributed by atoms with Gasteiger partial charge in [0.15, 0.2) is 8.32 Å². The third-order valence-electron chi connectivity index (χ3n) is 3.73. The number of hydrogen-bond donors (Lipinski definition) is 0. The molecule has 0 aromatic heterocycles. The molecule has 4 heteroatoms. The number of rotatable bonds is 4. The molecule has 0 saturated carbocycles. The van der Waals surface area contributed by atoms with Crippen LogP contribution in [0.5, 0.6) is 0 Å². The molecule has 1 aromatic carbocycles. The van der Waals surface area contributed by atoms with E-state index < -0.39 is 8.32 Å². The first-order valence-electron chi connectivity index (χ1n) is 6.34. The number of hydrogen-bond acceptors (Lipinski definition) is 1. The molecule has 0 heterocycles. The Morgan fingerprint density at radius 2 is 1.95 bits per heavy atom. The molecule has 1 rings (SSSR count). The van der Waals surface area contributed by atoms with Gasteiger partial charge in [0.1, 0.15) is 0 Å². The lowest BCUT2D eigenvalue weighted by molar-refractivity contribution is 0.229. The zero-order valence-corrected chi connectivity index (χ0v) is 15.6. The summed E-state index contributed by atoms with van der Waals surface area (Å²) in [6.45, 7) is 15.0. The van der Waals surface area contributed by atoms with Crippen molar-refractivity contribution in [2.24, 2.45) is 0 Å². The fourth-order valence-corrected chi connectivity index (χ4v) is 3.69. The first-order chi connectivity index (χ1) is 8.60. The molecule has 0 radical (unpaired) electrons. The van der Waals surface area contributed by atoms with Crippen molar-refractivity contribution in [1.82, 2.24) is 0 Å². The minimum absolute atomic E-state index is 0.155. The van der Waals surface area contributed by atoms with Gasteiger partial charge >= 0.3 is 0 Å². The monoisotopic (exact) mass is 360 g/mol. The van der Waals surface area contributed by atoms with Crippen LogP contribution in [0.1, 0.15) is 32.4 Å². The highest BCUT2D eigenvalue weighted by atomic mass is 79.9. The Bertz CT molecular complexity index is 445. The Balaban J connectivity index is 3.13. The van der Waals surface area contributed by atoms with Gasteiger partial charge in [-0.25, -0.2) is 0 Å². The van der Waals surface area contributed by atoms with Crippen LogP contribution in [0, 0.1) is 0 Å². The van der Waals surface area contributed by atoms with Crippen molar-refractivity contribution in [2.75, 3.05) is 0 Å². The molecule has 0 spiro atoms. The third-order valence-corrected chi connectivity index (χ3v) is 9.20. The van der Waals surface area contributed by atoms with Gasteiger partial charge < -0.3 is 4.43 Å². The molecule has 0 amide bonds. The largest absolute Gasteiger partial charge is 0.406 e. The van der Waals surface area contributed by atoms with E-state index in [2.05, 4.69) is 56.4 Å². The Morgan fingerprint density at radius 1 is 1.37 bits per heavy atom. The topological polar surface area (TPSA) is 9.23 Å². The second-order valence-corrected chi connectivity index (χ2v) is 12.2. The van der Waals surface area contributed by atoms with Gasteiger partial charge in [0.05, 0.1) is 6.10 Å². The van der Waals surface area contributed by atoms with Crippen LogP contribution < -0.4 is 0 Å². The predicted octanol–water partition coefficient (Wildman–Crippen LogP) is 6.35. The van der Waals surface area contributed by atoms with E-state index in [0.717, 1.165) is 10.0 Å². The maximum atomic E-state index is 6.41. The van der Waals surface area contributed by atoms with Gasteiger partial charge in [-0.1, -0.05) is 60.4 Å². The summed E-state index contributed by atoms with van der Waals surface area (Å²) in [7, 11) is -1.87. The molecule has 0 bridgehead atoms. The summed E-state index contributed by atoms with van der Waals surface area (Å²) in [4.78, 5) is 0. The summed E-state index contributed by atoms with van der Waals surface area (Å²) in [5, 5.41) is 0.861. The highest BCUT2D eigenvalue weighted by Gasteiger charge is 2.39. The van der Waals surface area contributed by atoms with Gasteiger partial charge in [-0.3, -0.25) is 0 Å². The van der Waals surface area contributed by atoms with Gasteiger partial charge in [-0.2, -0.15) is 0 Å². The SMILES string of the molecule is C=CC(O[Si](C)(C)C(C)(C)C)c1c(Cl)cccc1Br. The van der Waals surface area contributed by atoms with E-state index in [-0.39, 0.29) is 11.1 Å². The molecule has 0 saturated heterocycles. The lowest BCUT2D eigenvalue weighted by atomic mass is 10.1. The smallest absolute Gasteiger partial charge is 0.193 e. The molecule has 1 nitrogen and oxygen atoms in total. The minimum atomic E-state index is -1.87. The van der Waals surface area contributed by atoms with Crippen LogP contribution in [-0.2, 0) is 4.43 Å². The average Bonchev–Trinajstić information content (AvgIpc) is 2.25. The molecule has 0 N–H and O–H groups in total. The van der Waals surface area contributed by atoms with Gasteiger partial charge in [0.2, 0.25) is 0 Å². The maximum absolute atomic E-state index is 6.41. The van der Waals surface area contributed by atoms with Crippen molar-refractivity contribution >= 4 is 35.8 Å². The fourth-order valence-electron chi connectivity index (χ4n) is 1.50. The van der Waals surface area contributed by atoms with Gasteiger partial charge in [0, 0.05) is 15.1 Å². The molecular weight excluding hydrogens is 340 g/mol. The van der Waals surface area contributed by atoms with Crippen LogP contribution >= 0.6 is 27.5 Å². The van der Waals surface area contributed by atoms with Crippen LogP contribution in [-0.4, -0.2) is 8.32 Å². The fraction of sp³-hybridized carbons (Fsp3) is 0.467. The molecule has 1 unspecified atom stereocenters. The standard InChI is InChI=1S/C15H22BrClOSi/c1-7-13(18-19(5,6)15(2,3)4)14-11(16)9-8-10-12(14)17/h7-10,13H,1H2,2-6H3. The lowest BCUT2D eigenvalue weighted by Crippen LogP contribution is -2.41. The summed E-state index contributed by atoms with van der Waals surface area (Å²) >= 11 is 9.85. The maximum Gasteiger partial charge on any atom is 0.193 e. The van der Waals surface area contributed by atoms with E-state index in [1.165, 1.54) is 0 Å². The predicted molar refractivity (Wildman–Crippen MR) is 90.4 cm³/mol. The Kier molecular flexibility index (Phi) is 5.47. The average molecular weight is 362 g/mol. The van der Waals surface area contributed by atoms with E-state index in [4.69, 9.17) is 16.0 Å².